The zero-order valence-corrected chi connectivity index (χ0v) is 25.2. The van der Waals surface area contributed by atoms with Crippen LogP contribution in [0.4, 0.5) is 0 Å². The lowest BCUT2D eigenvalue weighted by Gasteiger charge is -2.27. The fourth-order valence-electron chi connectivity index (χ4n) is 3.85. The number of nitrogens with one attached hydrogen (secondary N) is 5. The molecule has 4 amide bonds. The van der Waals surface area contributed by atoms with Gasteiger partial charge in [-0.05, 0) is 39.5 Å². The van der Waals surface area contributed by atoms with Gasteiger partial charge in [0, 0.05) is 31.4 Å². The third-order valence-corrected chi connectivity index (χ3v) is 6.23. The highest BCUT2D eigenvalue weighted by Crippen LogP contribution is 2.06. The molecule has 252 valence electrons. The number of amides is 4. The van der Waals surface area contributed by atoms with Gasteiger partial charge in [0.05, 0.1) is 18.5 Å². The van der Waals surface area contributed by atoms with Gasteiger partial charge >= 0.3 is 5.97 Å². The quantitative estimate of drug-likeness (QED) is 0.0361. The van der Waals surface area contributed by atoms with Crippen LogP contribution in [0.25, 0.3) is 0 Å². The number of carboxylic acids is 1. The molecule has 1 aromatic heterocycles. The second-order valence-electron chi connectivity index (χ2n) is 10.2. The molecule has 1 rings (SSSR count). The van der Waals surface area contributed by atoms with Crippen molar-refractivity contribution < 1.29 is 34.2 Å². The van der Waals surface area contributed by atoms with Gasteiger partial charge in [-0.25, -0.2) is 9.78 Å². The third-order valence-electron chi connectivity index (χ3n) is 6.23. The average Bonchev–Trinajstić information content (AvgIpc) is 3.46. The topological polar surface area (TPSA) is 357 Å². The van der Waals surface area contributed by atoms with Crippen molar-refractivity contribution in [2.24, 2.45) is 38.7 Å². The number of rotatable bonds is 20. The van der Waals surface area contributed by atoms with Gasteiger partial charge in [0.1, 0.15) is 24.2 Å². The maximum absolute atomic E-state index is 13.4. The number of carbonyl (C=O) groups excluding carboxylic acids is 4. The lowest BCUT2D eigenvalue weighted by Crippen LogP contribution is -2.60. The number of H-pyrrole nitrogens is 1. The van der Waals surface area contributed by atoms with Gasteiger partial charge in [0.15, 0.2) is 11.9 Å². The molecular weight excluding hydrogens is 594 g/mol. The fraction of sp³-hybridized carbons (Fsp3) is 0.600. The molecule has 17 N–H and O–H groups in total. The van der Waals surface area contributed by atoms with Crippen molar-refractivity contribution >= 4 is 41.5 Å². The van der Waals surface area contributed by atoms with Crippen LogP contribution in [-0.4, -0.2) is 111 Å². The van der Waals surface area contributed by atoms with E-state index in [1.54, 1.807) is 0 Å². The van der Waals surface area contributed by atoms with E-state index in [1.807, 2.05) is 0 Å². The van der Waals surface area contributed by atoms with Gasteiger partial charge in [-0.3, -0.25) is 29.2 Å². The first-order chi connectivity index (χ1) is 21.1. The summed E-state index contributed by atoms with van der Waals surface area (Å²) in [6.45, 7) is 2.93. The molecule has 0 aromatic carbocycles. The number of aromatic amines is 1. The molecule has 0 radical (unpaired) electrons. The second kappa shape index (κ2) is 19.3. The van der Waals surface area contributed by atoms with Crippen LogP contribution in [0.5, 0.6) is 0 Å². The minimum absolute atomic E-state index is 0.0471. The number of nitrogens with zero attached hydrogens (tertiary/aromatic N) is 3. The first-order valence-corrected chi connectivity index (χ1v) is 14.1. The molecule has 20 heteroatoms. The summed E-state index contributed by atoms with van der Waals surface area (Å²) < 4.78 is 0. The van der Waals surface area contributed by atoms with Crippen molar-refractivity contribution in [2.45, 2.75) is 82.3 Å². The number of guanidine groups is 2. The third kappa shape index (κ3) is 14.8. The van der Waals surface area contributed by atoms with Crippen molar-refractivity contribution in [3.8, 4) is 0 Å². The van der Waals surface area contributed by atoms with E-state index in [0.717, 1.165) is 0 Å². The Kier molecular flexibility index (Phi) is 16.3. The number of hydrogen-bond donors (Lipinski definition) is 12. The predicted molar refractivity (Wildman–Crippen MR) is 163 cm³/mol. The average molecular weight is 640 g/mol. The van der Waals surface area contributed by atoms with E-state index in [0.29, 0.717) is 5.69 Å². The second-order valence-corrected chi connectivity index (χ2v) is 10.2. The number of imidazole rings is 1. The number of aliphatic imine (C=N–C) groups is 2. The van der Waals surface area contributed by atoms with Gasteiger partial charge in [-0.2, -0.15) is 0 Å². The molecule has 0 fully saturated rings. The van der Waals surface area contributed by atoms with Crippen LogP contribution in [0.15, 0.2) is 22.5 Å². The summed E-state index contributed by atoms with van der Waals surface area (Å²) in [7, 11) is 0. The van der Waals surface area contributed by atoms with Crippen molar-refractivity contribution in [3.05, 3.63) is 18.2 Å². The Morgan fingerprint density at radius 3 is 1.80 bits per heavy atom. The van der Waals surface area contributed by atoms with E-state index in [2.05, 4.69) is 41.2 Å². The van der Waals surface area contributed by atoms with E-state index in [4.69, 9.17) is 28.7 Å². The summed E-state index contributed by atoms with van der Waals surface area (Å²) in [4.78, 5) is 78.2. The zero-order valence-electron chi connectivity index (χ0n) is 25.2. The molecule has 20 nitrogen and oxygen atoms in total. The Morgan fingerprint density at radius 2 is 1.33 bits per heavy atom. The fourth-order valence-corrected chi connectivity index (χ4v) is 3.85. The van der Waals surface area contributed by atoms with Gasteiger partial charge < -0.3 is 65.1 Å². The number of hydrogen-bond acceptors (Lipinski definition) is 10. The van der Waals surface area contributed by atoms with Gasteiger partial charge in [0.25, 0.3) is 0 Å². The highest BCUT2D eigenvalue weighted by Gasteiger charge is 2.33. The maximum Gasteiger partial charge on any atom is 0.326 e. The van der Waals surface area contributed by atoms with E-state index in [9.17, 15) is 34.2 Å². The van der Waals surface area contributed by atoms with Crippen LogP contribution in [0, 0.1) is 0 Å². The Bertz CT molecular complexity index is 1180. The minimum Gasteiger partial charge on any atom is -0.480 e. The Hall–Kier alpha value is -4.98. The van der Waals surface area contributed by atoms with Crippen molar-refractivity contribution in [2.75, 3.05) is 13.1 Å². The molecule has 0 unspecified atom stereocenters. The van der Waals surface area contributed by atoms with Crippen molar-refractivity contribution in [3.63, 3.8) is 0 Å². The normalized spacial score (nSPS) is 14.8. The summed E-state index contributed by atoms with van der Waals surface area (Å²) in [5.74, 6) is -4.93. The standard InChI is InChI=1S/C25H45N13O7/c1-12(26)19(40)35-15(5-3-7-32-24(27)28)20(41)37-17(9-14-10-31-11-34-14)21(42)38-18(13(2)39)22(43)36-16(23(44)45)6-4-8-33-25(29)30/h10-13,15-18,39H,3-9,26H2,1-2H3,(H,31,34)(H,35,40)(H,36,43)(H,37,41)(H,38,42)(H,44,45)(H4,27,28,32)(H4,29,30,33)/t12-,13+,15-,16-,17-,18-/m0/s1. The lowest BCUT2D eigenvalue weighted by molar-refractivity contribution is -0.143. The zero-order chi connectivity index (χ0) is 34.1. The molecule has 6 atom stereocenters. The smallest absolute Gasteiger partial charge is 0.326 e. The van der Waals surface area contributed by atoms with Crippen molar-refractivity contribution in [1.29, 1.82) is 0 Å². The van der Waals surface area contributed by atoms with Crippen LogP contribution >= 0.6 is 0 Å². The predicted octanol–water partition coefficient (Wildman–Crippen LogP) is -5.19. The van der Waals surface area contributed by atoms with E-state index in [1.165, 1.54) is 26.4 Å². The first kappa shape index (κ1) is 38.0. The molecule has 45 heavy (non-hydrogen) atoms. The Morgan fingerprint density at radius 1 is 0.822 bits per heavy atom. The molecule has 0 saturated heterocycles. The van der Waals surface area contributed by atoms with Crippen LogP contribution < -0.4 is 49.9 Å². The molecule has 0 aliphatic rings. The summed E-state index contributed by atoms with van der Waals surface area (Å²) in [5.41, 5.74) is 27.3. The highest BCUT2D eigenvalue weighted by atomic mass is 16.4. The summed E-state index contributed by atoms with van der Waals surface area (Å²) in [6, 6.07) is -6.39. The number of aliphatic carboxylic acids is 1. The van der Waals surface area contributed by atoms with Gasteiger partial charge in [-0.1, -0.05) is 0 Å². The summed E-state index contributed by atoms with van der Waals surface area (Å²) in [5, 5.41) is 29.6. The molecule has 0 spiro atoms. The maximum atomic E-state index is 13.4. The lowest BCUT2D eigenvalue weighted by atomic mass is 10.1. The van der Waals surface area contributed by atoms with E-state index >= 15 is 0 Å². The monoisotopic (exact) mass is 639 g/mol. The SMILES string of the molecule is C[C@H](N)C(=O)N[C@@H](CCCN=C(N)N)C(=O)N[C@@H](Cc1cnc[nH]1)C(=O)N[C@H](C(=O)N[C@@H](CCCN=C(N)N)C(=O)O)[C@@H](C)O. The van der Waals surface area contributed by atoms with Crippen LogP contribution in [-0.2, 0) is 30.4 Å². The van der Waals surface area contributed by atoms with Crippen LogP contribution in [0.1, 0.15) is 45.2 Å². The van der Waals surface area contributed by atoms with E-state index in [-0.39, 0.29) is 57.1 Å². The largest absolute Gasteiger partial charge is 0.480 e. The number of aliphatic hydroxyl groups is 1. The number of carboxylic acid groups (broad SMARTS) is 1. The van der Waals surface area contributed by atoms with Crippen LogP contribution in [0.3, 0.4) is 0 Å². The number of aromatic nitrogens is 2. The molecule has 1 heterocycles. The summed E-state index contributed by atoms with van der Waals surface area (Å²) >= 11 is 0. The molecule has 0 aliphatic carbocycles. The molecule has 1 aromatic rings. The summed E-state index contributed by atoms with van der Waals surface area (Å²) in [6.07, 6.45) is 1.70. The number of aliphatic hydroxyl groups excluding tert-OH is 1. The Labute approximate surface area is 259 Å². The van der Waals surface area contributed by atoms with Crippen LogP contribution in [0.2, 0.25) is 0 Å². The Balaban J connectivity index is 3.14. The van der Waals surface area contributed by atoms with E-state index < -0.39 is 65.9 Å². The van der Waals surface area contributed by atoms with Gasteiger partial charge in [0.2, 0.25) is 23.6 Å². The minimum atomic E-state index is -1.61. The molecule has 0 saturated carbocycles. The number of nitrogens with two attached hydrogens (primary N) is 5. The first-order valence-electron chi connectivity index (χ1n) is 14.1. The van der Waals surface area contributed by atoms with Crippen molar-refractivity contribution in [1.82, 2.24) is 31.2 Å². The highest BCUT2D eigenvalue weighted by molar-refractivity contribution is 5.95. The van der Waals surface area contributed by atoms with Gasteiger partial charge in [-0.15, -0.1) is 0 Å². The molecule has 0 bridgehead atoms. The number of carbonyl (C=O) groups is 5. The molecule has 0 aliphatic heterocycles. The molecular formula is C25H45N13O7.